The largest absolute Gasteiger partial charge is 0.504 e. The number of carbonyl (C=O) groups is 2. The fraction of sp³-hybridized carbons (Fsp3) is 0.412. The Kier molecular flexibility index (Phi) is 5.25. The average molecular weight is 397 g/mol. The van der Waals surface area contributed by atoms with Crippen LogP contribution >= 0.6 is 0 Å². The Morgan fingerprint density at radius 3 is 2.50 bits per heavy atom. The van der Waals surface area contributed by atoms with Crippen LogP contribution in [0, 0.1) is 6.92 Å². The zero-order valence-corrected chi connectivity index (χ0v) is 14.9. The molecule has 0 unspecified atom stereocenters. The molecule has 8 nitrogen and oxygen atoms in total. The van der Waals surface area contributed by atoms with Crippen LogP contribution in [0.2, 0.25) is 0 Å². The van der Waals surface area contributed by atoms with E-state index in [4.69, 9.17) is 0 Å². The number of nitrogens with zero attached hydrogens (tertiary/aromatic N) is 4. The normalized spacial score (nSPS) is 15.5. The van der Waals surface area contributed by atoms with E-state index in [1.807, 2.05) is 0 Å². The molecule has 1 aliphatic heterocycles. The molecule has 2 N–H and O–H groups in total. The number of anilines is 1. The predicted octanol–water partition coefficient (Wildman–Crippen LogP) is 2.02. The highest BCUT2D eigenvalue weighted by Gasteiger charge is 2.46. The number of alkyl halides is 3. The molecular weight excluding hydrogens is 379 g/mol. The lowest BCUT2D eigenvalue weighted by Gasteiger charge is -2.38. The number of likely N-dealkylation sites (tertiary alicyclic amines) is 1. The van der Waals surface area contributed by atoms with Gasteiger partial charge in [0, 0.05) is 25.3 Å². The molecule has 0 saturated carbocycles. The van der Waals surface area contributed by atoms with Crippen LogP contribution in [-0.4, -0.2) is 62.3 Å². The number of H-pyrrole nitrogens is 1. The van der Waals surface area contributed by atoms with Crippen molar-refractivity contribution < 1.29 is 27.9 Å². The van der Waals surface area contributed by atoms with Crippen molar-refractivity contribution in [2.75, 3.05) is 18.0 Å². The lowest BCUT2D eigenvalue weighted by molar-refractivity contribution is -0.171. The molecule has 28 heavy (non-hydrogen) atoms. The van der Waals surface area contributed by atoms with Crippen molar-refractivity contribution in [1.82, 2.24) is 20.1 Å². The number of amides is 2. The zero-order valence-electron chi connectivity index (χ0n) is 14.9. The topological polar surface area (TPSA) is 102 Å². The second-order valence-electron chi connectivity index (χ2n) is 6.44. The summed E-state index contributed by atoms with van der Waals surface area (Å²) in [7, 11) is 0. The number of pyridine rings is 1. The number of hydrogen-bond acceptors (Lipinski definition) is 5. The van der Waals surface area contributed by atoms with Crippen LogP contribution in [0.1, 0.15) is 29.0 Å². The van der Waals surface area contributed by atoms with Crippen molar-refractivity contribution in [1.29, 1.82) is 0 Å². The first-order valence-electron chi connectivity index (χ1n) is 8.53. The van der Waals surface area contributed by atoms with Gasteiger partial charge in [-0.25, -0.2) is 0 Å². The molecule has 3 heterocycles. The monoisotopic (exact) mass is 397 g/mol. The van der Waals surface area contributed by atoms with Crippen LogP contribution in [-0.2, 0) is 4.79 Å². The fourth-order valence-electron chi connectivity index (χ4n) is 3.19. The van der Waals surface area contributed by atoms with E-state index in [0.717, 1.165) is 0 Å². The van der Waals surface area contributed by atoms with Crippen LogP contribution in [0.25, 0.3) is 0 Å². The van der Waals surface area contributed by atoms with Gasteiger partial charge in [0.25, 0.3) is 5.91 Å². The molecule has 1 aliphatic rings. The number of aromatic amines is 1. The minimum atomic E-state index is -5.03. The van der Waals surface area contributed by atoms with Gasteiger partial charge in [0.1, 0.15) is 5.69 Å². The first-order chi connectivity index (χ1) is 13.2. The smallest absolute Gasteiger partial charge is 0.471 e. The van der Waals surface area contributed by atoms with Gasteiger partial charge in [0.05, 0.1) is 11.9 Å². The van der Waals surface area contributed by atoms with Crippen LogP contribution in [0.3, 0.4) is 0 Å². The third kappa shape index (κ3) is 3.78. The molecule has 0 spiro atoms. The van der Waals surface area contributed by atoms with E-state index in [0.29, 0.717) is 4.90 Å². The maximum Gasteiger partial charge on any atom is 0.471 e. The van der Waals surface area contributed by atoms with Crippen molar-refractivity contribution in [2.45, 2.75) is 32.0 Å². The van der Waals surface area contributed by atoms with E-state index in [9.17, 15) is 27.9 Å². The molecule has 0 radical (unpaired) electrons. The Morgan fingerprint density at radius 2 is 2.00 bits per heavy atom. The number of aromatic nitrogens is 3. The molecule has 0 aromatic carbocycles. The van der Waals surface area contributed by atoms with Gasteiger partial charge >= 0.3 is 12.1 Å². The standard InChI is InChI=1S/C17H18F3N5O3/c1-10-14(26)13(23-22-10)15(27)24-7-4-11(5-8-24)25(16(28)17(18,19)20)12-3-2-6-21-9-12/h2-3,6,9,11,26H,4-5,7-8H2,1H3,(H,22,23). The van der Waals surface area contributed by atoms with Crippen molar-refractivity contribution >= 4 is 17.5 Å². The molecule has 2 amide bonds. The van der Waals surface area contributed by atoms with Crippen LogP contribution in [0.4, 0.5) is 18.9 Å². The molecule has 0 atom stereocenters. The third-order valence-electron chi connectivity index (χ3n) is 4.63. The van der Waals surface area contributed by atoms with Crippen LogP contribution in [0.15, 0.2) is 24.5 Å². The van der Waals surface area contributed by atoms with E-state index in [-0.39, 0.29) is 48.8 Å². The Bertz CT molecular complexity index is 861. The number of halogens is 3. The quantitative estimate of drug-likeness (QED) is 0.825. The van der Waals surface area contributed by atoms with Gasteiger partial charge < -0.3 is 10.0 Å². The molecule has 2 aromatic heterocycles. The van der Waals surface area contributed by atoms with E-state index in [1.165, 1.54) is 36.4 Å². The number of rotatable bonds is 3. The predicted molar refractivity (Wildman–Crippen MR) is 91.7 cm³/mol. The van der Waals surface area contributed by atoms with Gasteiger partial charge in [-0.1, -0.05) is 0 Å². The number of aryl methyl sites for hydroxylation is 1. The molecule has 1 saturated heterocycles. The van der Waals surface area contributed by atoms with Gasteiger partial charge in [-0.05, 0) is 31.9 Å². The molecule has 11 heteroatoms. The summed E-state index contributed by atoms with van der Waals surface area (Å²) in [6, 6.07) is 2.10. The third-order valence-corrected chi connectivity index (χ3v) is 4.63. The van der Waals surface area contributed by atoms with Gasteiger partial charge in [0.2, 0.25) is 0 Å². The van der Waals surface area contributed by atoms with E-state index < -0.39 is 24.0 Å². The second-order valence-corrected chi connectivity index (χ2v) is 6.44. The minimum absolute atomic E-state index is 0.0523. The summed E-state index contributed by atoms with van der Waals surface area (Å²) in [5, 5.41) is 16.1. The Hall–Kier alpha value is -3.11. The van der Waals surface area contributed by atoms with Crippen molar-refractivity contribution in [3.8, 4) is 5.75 Å². The summed E-state index contributed by atoms with van der Waals surface area (Å²) < 4.78 is 39.3. The van der Waals surface area contributed by atoms with Crippen LogP contribution in [0.5, 0.6) is 5.75 Å². The number of aromatic hydroxyl groups is 1. The zero-order chi connectivity index (χ0) is 20.5. The maximum atomic E-state index is 13.1. The summed E-state index contributed by atoms with van der Waals surface area (Å²) in [4.78, 5) is 30.4. The number of hydrogen-bond donors (Lipinski definition) is 2. The van der Waals surface area contributed by atoms with E-state index in [2.05, 4.69) is 15.2 Å². The second kappa shape index (κ2) is 7.49. The fourth-order valence-corrected chi connectivity index (χ4v) is 3.19. The summed E-state index contributed by atoms with van der Waals surface area (Å²) in [5.41, 5.74) is 0.264. The molecule has 0 bridgehead atoms. The van der Waals surface area contributed by atoms with E-state index in [1.54, 1.807) is 0 Å². The lowest BCUT2D eigenvalue weighted by Crippen LogP contribution is -2.52. The highest BCUT2D eigenvalue weighted by molar-refractivity contribution is 5.98. The Balaban J connectivity index is 1.76. The number of piperidine rings is 1. The SMILES string of the molecule is Cc1n[nH]c(C(=O)N2CCC(N(C(=O)C(F)(F)F)c3cccnc3)CC2)c1O. The first kappa shape index (κ1) is 19.6. The van der Waals surface area contributed by atoms with Crippen molar-refractivity contribution in [3.63, 3.8) is 0 Å². The summed E-state index contributed by atoms with van der Waals surface area (Å²) in [5.74, 6) is -2.71. The van der Waals surface area contributed by atoms with Crippen LogP contribution < -0.4 is 4.90 Å². The van der Waals surface area contributed by atoms with Crippen molar-refractivity contribution in [2.24, 2.45) is 0 Å². The highest BCUT2D eigenvalue weighted by Crippen LogP contribution is 2.30. The maximum absolute atomic E-state index is 13.1. The molecular formula is C17H18F3N5O3. The number of nitrogens with one attached hydrogen (secondary N) is 1. The molecule has 150 valence electrons. The van der Waals surface area contributed by atoms with Crippen molar-refractivity contribution in [3.05, 3.63) is 35.9 Å². The first-order valence-corrected chi connectivity index (χ1v) is 8.53. The average Bonchev–Trinajstić information content (AvgIpc) is 3.01. The Labute approximate surface area is 158 Å². The van der Waals surface area contributed by atoms with Gasteiger partial charge in [-0.15, -0.1) is 0 Å². The lowest BCUT2D eigenvalue weighted by atomic mass is 10.0. The molecule has 3 rings (SSSR count). The Morgan fingerprint density at radius 1 is 1.32 bits per heavy atom. The molecule has 0 aliphatic carbocycles. The van der Waals surface area contributed by atoms with E-state index >= 15 is 0 Å². The summed E-state index contributed by atoms with van der Waals surface area (Å²) in [6.45, 7) is 1.79. The summed E-state index contributed by atoms with van der Waals surface area (Å²) in [6.07, 6.45) is -2.12. The van der Waals surface area contributed by atoms with Gasteiger partial charge in [0.15, 0.2) is 11.4 Å². The number of carbonyl (C=O) groups excluding carboxylic acids is 2. The molecule has 2 aromatic rings. The minimum Gasteiger partial charge on any atom is -0.504 e. The van der Waals surface area contributed by atoms with Gasteiger partial charge in [-0.2, -0.15) is 18.3 Å². The summed E-state index contributed by atoms with van der Waals surface area (Å²) >= 11 is 0. The van der Waals surface area contributed by atoms with Gasteiger partial charge in [-0.3, -0.25) is 24.6 Å². The highest BCUT2D eigenvalue weighted by atomic mass is 19.4. The molecule has 1 fully saturated rings.